The number of fused-ring (bicyclic) bond motifs is 5. The Kier molecular flexibility index (Phi) is 6.78. The Bertz CT molecular complexity index is 608. The standard InChI is InChI=1S/C27H47BrO2/c1-16(2)7-6-8-17(3)19-9-10-20-23-21(12-14-26(19,20)4)27(5)13-11-18(29)15-22(27)24(28)25(23)30/h16-25,29-30H,6-15H2,1-5H3/t17-,18+,19+,20-,21+,22-,23-,24-,25+,26-,27-/m1/s1. The van der Waals surface area contributed by atoms with Gasteiger partial charge in [-0.25, -0.2) is 0 Å². The molecular weight excluding hydrogens is 436 g/mol. The molecule has 11 atom stereocenters. The van der Waals surface area contributed by atoms with Crippen LogP contribution in [-0.4, -0.2) is 27.2 Å². The number of hydrogen-bond donors (Lipinski definition) is 2. The summed E-state index contributed by atoms with van der Waals surface area (Å²) in [5, 5.41) is 21.9. The van der Waals surface area contributed by atoms with Gasteiger partial charge in [0.15, 0.2) is 0 Å². The largest absolute Gasteiger partial charge is 0.393 e. The van der Waals surface area contributed by atoms with E-state index >= 15 is 0 Å². The van der Waals surface area contributed by atoms with E-state index < -0.39 is 0 Å². The summed E-state index contributed by atoms with van der Waals surface area (Å²) in [4.78, 5) is 0.142. The summed E-state index contributed by atoms with van der Waals surface area (Å²) in [7, 11) is 0. The number of aliphatic hydroxyl groups is 2. The van der Waals surface area contributed by atoms with E-state index in [1.54, 1.807) is 0 Å². The maximum atomic E-state index is 11.6. The molecule has 0 unspecified atom stereocenters. The molecule has 4 fully saturated rings. The summed E-state index contributed by atoms with van der Waals surface area (Å²) in [6.45, 7) is 12.3. The van der Waals surface area contributed by atoms with Crippen LogP contribution in [0.1, 0.15) is 98.8 Å². The van der Waals surface area contributed by atoms with Crippen LogP contribution >= 0.6 is 15.9 Å². The zero-order valence-corrected chi connectivity index (χ0v) is 21.7. The Balaban J connectivity index is 1.54. The zero-order chi connectivity index (χ0) is 21.8. The summed E-state index contributed by atoms with van der Waals surface area (Å²) < 4.78 is 0. The lowest BCUT2D eigenvalue weighted by atomic mass is 9.43. The molecule has 0 aromatic carbocycles. The molecule has 0 spiro atoms. The Morgan fingerprint density at radius 1 is 0.867 bits per heavy atom. The van der Waals surface area contributed by atoms with Crippen LogP contribution in [0.5, 0.6) is 0 Å². The molecule has 30 heavy (non-hydrogen) atoms. The summed E-state index contributed by atoms with van der Waals surface area (Å²) in [6.07, 6.45) is 11.9. The van der Waals surface area contributed by atoms with E-state index in [1.807, 2.05) is 0 Å². The third-order valence-corrected chi connectivity index (χ3v) is 12.1. The Morgan fingerprint density at radius 3 is 2.23 bits per heavy atom. The quantitative estimate of drug-likeness (QED) is 0.422. The summed E-state index contributed by atoms with van der Waals surface area (Å²) in [5.41, 5.74) is 0.684. The maximum absolute atomic E-state index is 11.6. The lowest BCUT2D eigenvalue weighted by Crippen LogP contribution is -2.62. The van der Waals surface area contributed by atoms with E-state index in [0.717, 1.165) is 37.0 Å². The number of aliphatic hydroxyl groups excluding tert-OH is 2. The number of rotatable bonds is 5. The molecule has 4 rings (SSSR count). The number of alkyl halides is 1. The fourth-order valence-electron chi connectivity index (χ4n) is 9.21. The predicted molar refractivity (Wildman–Crippen MR) is 129 cm³/mol. The van der Waals surface area contributed by atoms with Crippen LogP contribution in [0.25, 0.3) is 0 Å². The van der Waals surface area contributed by atoms with Crippen molar-refractivity contribution in [1.29, 1.82) is 0 Å². The Hall–Kier alpha value is 0.400. The number of halogens is 1. The average Bonchev–Trinajstić information content (AvgIpc) is 3.04. The summed E-state index contributed by atoms with van der Waals surface area (Å²) in [5.74, 6) is 4.61. The van der Waals surface area contributed by atoms with Crippen LogP contribution in [0.2, 0.25) is 0 Å². The molecule has 0 radical (unpaired) electrons. The van der Waals surface area contributed by atoms with Gasteiger partial charge in [-0.2, -0.15) is 0 Å². The molecule has 0 aliphatic heterocycles. The van der Waals surface area contributed by atoms with Crippen molar-refractivity contribution in [3.63, 3.8) is 0 Å². The second-order valence-corrected chi connectivity index (χ2v) is 13.9. The second kappa shape index (κ2) is 8.64. The highest BCUT2D eigenvalue weighted by molar-refractivity contribution is 9.09. The molecule has 2 N–H and O–H groups in total. The van der Waals surface area contributed by atoms with Crippen molar-refractivity contribution >= 4 is 15.9 Å². The first kappa shape index (κ1) is 23.6. The molecule has 2 nitrogen and oxygen atoms in total. The first-order valence-electron chi connectivity index (χ1n) is 13.1. The van der Waals surface area contributed by atoms with Crippen molar-refractivity contribution in [1.82, 2.24) is 0 Å². The lowest BCUT2D eigenvalue weighted by Gasteiger charge is -2.63. The predicted octanol–water partition coefficient (Wildman–Crippen LogP) is 6.81. The highest BCUT2D eigenvalue weighted by atomic mass is 79.9. The minimum atomic E-state index is -0.252. The zero-order valence-electron chi connectivity index (χ0n) is 20.1. The van der Waals surface area contributed by atoms with Gasteiger partial charge in [0.2, 0.25) is 0 Å². The fourth-order valence-corrected chi connectivity index (χ4v) is 10.4. The minimum Gasteiger partial charge on any atom is -0.393 e. The van der Waals surface area contributed by atoms with Crippen LogP contribution in [0.3, 0.4) is 0 Å². The summed E-state index contributed by atoms with van der Waals surface area (Å²) in [6, 6.07) is 0. The van der Waals surface area contributed by atoms with Gasteiger partial charge in [0.25, 0.3) is 0 Å². The molecule has 4 aliphatic carbocycles. The topological polar surface area (TPSA) is 40.5 Å². The molecular formula is C27H47BrO2. The molecule has 3 heteroatoms. The first-order valence-corrected chi connectivity index (χ1v) is 14.0. The minimum absolute atomic E-state index is 0.142. The highest BCUT2D eigenvalue weighted by Gasteiger charge is 2.64. The third kappa shape index (κ3) is 3.75. The van der Waals surface area contributed by atoms with Crippen LogP contribution in [0.15, 0.2) is 0 Å². The van der Waals surface area contributed by atoms with Gasteiger partial charge in [0, 0.05) is 4.83 Å². The van der Waals surface area contributed by atoms with E-state index in [1.165, 1.54) is 44.9 Å². The highest BCUT2D eigenvalue weighted by Crippen LogP contribution is 2.69. The SMILES string of the molecule is CC(C)CCC[C@@H](C)[C@@H]1CC[C@@H]2[C@H]3[C@H](O)[C@H](Br)[C@H]4C[C@@H](O)CC[C@]4(C)[C@H]3CC[C@@]21C. The monoisotopic (exact) mass is 482 g/mol. The summed E-state index contributed by atoms with van der Waals surface area (Å²) >= 11 is 3.97. The van der Waals surface area contributed by atoms with Gasteiger partial charge in [-0.1, -0.05) is 69.8 Å². The molecule has 0 amide bonds. The molecule has 4 saturated carbocycles. The third-order valence-electron chi connectivity index (χ3n) is 10.9. The van der Waals surface area contributed by atoms with Gasteiger partial charge in [-0.3, -0.25) is 0 Å². The molecule has 4 aliphatic rings. The molecule has 0 aromatic heterocycles. The van der Waals surface area contributed by atoms with Crippen molar-refractivity contribution in [3.05, 3.63) is 0 Å². The van der Waals surface area contributed by atoms with Gasteiger partial charge in [0.1, 0.15) is 0 Å². The first-order chi connectivity index (χ1) is 14.1. The van der Waals surface area contributed by atoms with Crippen molar-refractivity contribution < 1.29 is 10.2 Å². The van der Waals surface area contributed by atoms with Crippen molar-refractivity contribution in [3.8, 4) is 0 Å². The molecule has 174 valence electrons. The Labute approximate surface area is 194 Å². The average molecular weight is 484 g/mol. The van der Waals surface area contributed by atoms with Crippen molar-refractivity contribution in [2.75, 3.05) is 0 Å². The van der Waals surface area contributed by atoms with Gasteiger partial charge in [0.05, 0.1) is 12.2 Å². The van der Waals surface area contributed by atoms with Crippen LogP contribution in [0.4, 0.5) is 0 Å². The van der Waals surface area contributed by atoms with Crippen LogP contribution < -0.4 is 0 Å². The number of hydrogen-bond acceptors (Lipinski definition) is 2. The molecule has 0 heterocycles. The van der Waals surface area contributed by atoms with Gasteiger partial charge in [-0.15, -0.1) is 0 Å². The smallest absolute Gasteiger partial charge is 0.0701 e. The van der Waals surface area contributed by atoms with Crippen molar-refractivity contribution in [2.45, 2.75) is 116 Å². The second-order valence-electron chi connectivity index (χ2n) is 12.8. The molecule has 0 bridgehead atoms. The van der Waals surface area contributed by atoms with Crippen LogP contribution in [-0.2, 0) is 0 Å². The van der Waals surface area contributed by atoms with E-state index in [-0.39, 0.29) is 22.5 Å². The van der Waals surface area contributed by atoms with E-state index in [2.05, 4.69) is 50.5 Å². The van der Waals surface area contributed by atoms with Gasteiger partial charge < -0.3 is 10.2 Å². The molecule has 0 aromatic rings. The van der Waals surface area contributed by atoms with Crippen LogP contribution in [0, 0.1) is 52.3 Å². The molecule has 0 saturated heterocycles. The van der Waals surface area contributed by atoms with Gasteiger partial charge >= 0.3 is 0 Å². The van der Waals surface area contributed by atoms with E-state index in [0.29, 0.717) is 29.1 Å². The Morgan fingerprint density at radius 2 is 1.53 bits per heavy atom. The van der Waals surface area contributed by atoms with E-state index in [4.69, 9.17) is 0 Å². The maximum Gasteiger partial charge on any atom is 0.0701 e. The normalized spacial score (nSPS) is 51.9. The van der Waals surface area contributed by atoms with Crippen molar-refractivity contribution in [2.24, 2.45) is 52.3 Å². The fraction of sp³-hybridized carbons (Fsp3) is 1.00. The van der Waals surface area contributed by atoms with E-state index in [9.17, 15) is 10.2 Å². The van der Waals surface area contributed by atoms with Gasteiger partial charge in [-0.05, 0) is 97.2 Å². The lowest BCUT2D eigenvalue weighted by molar-refractivity contribution is -0.169.